The molecule has 5 amide bonds. The molecule has 19 heteroatoms. The third-order valence-corrected chi connectivity index (χ3v) is 12.5. The summed E-state index contributed by atoms with van der Waals surface area (Å²) in [6.45, 7) is 8.44. The number of alkyl halides is 3. The molecule has 1 fully saturated rings. The number of anilines is 2. The van der Waals surface area contributed by atoms with Gasteiger partial charge in [0.1, 0.15) is 11.8 Å². The zero-order valence-electron chi connectivity index (χ0n) is 33.8. The molecule has 0 spiro atoms. The minimum absolute atomic E-state index is 0.0199. The summed E-state index contributed by atoms with van der Waals surface area (Å²) in [4.78, 5) is 64.4. The average Bonchev–Trinajstić information content (AvgIpc) is 3.44. The van der Waals surface area contributed by atoms with Crippen molar-refractivity contribution in [2.45, 2.75) is 82.5 Å². The van der Waals surface area contributed by atoms with Crippen LogP contribution in [0.3, 0.4) is 0 Å². The number of ether oxygens (including phenoxy) is 1. The number of hydrogen-bond acceptors (Lipinski definition) is 9. The van der Waals surface area contributed by atoms with E-state index in [9.17, 15) is 45.6 Å². The van der Waals surface area contributed by atoms with Gasteiger partial charge in [0.2, 0.25) is 11.8 Å². The van der Waals surface area contributed by atoms with E-state index in [2.05, 4.69) is 34.5 Å². The normalized spacial score (nSPS) is 15.9. The largest absolute Gasteiger partial charge is 0.455 e. The lowest BCUT2D eigenvalue weighted by Crippen LogP contribution is -2.54. The molecule has 0 aliphatic carbocycles. The number of nitrogens with one attached hydrogen (secondary N) is 4. The number of amides is 5. The number of imide groups is 2. The molecule has 0 bridgehead atoms. The van der Waals surface area contributed by atoms with Gasteiger partial charge in [-0.2, -0.15) is 13.2 Å². The van der Waals surface area contributed by atoms with E-state index in [-0.39, 0.29) is 57.5 Å². The molecule has 4 aromatic carbocycles. The minimum Gasteiger partial charge on any atom is -0.455 e. The molecule has 0 aromatic heterocycles. The highest BCUT2D eigenvalue weighted by Gasteiger charge is 2.46. The van der Waals surface area contributed by atoms with Gasteiger partial charge < -0.3 is 15.4 Å². The average molecular weight is 917 g/mol. The quantitative estimate of drug-likeness (QED) is 0.0848. The second kappa shape index (κ2) is 17.6. The number of hydrogen-bond donors (Lipinski definition) is 4. The zero-order valence-corrected chi connectivity index (χ0v) is 36.2. The van der Waals surface area contributed by atoms with E-state index in [0.717, 1.165) is 23.5 Å². The number of nitrogens with zero attached hydrogens (tertiary/aromatic N) is 1. The molecule has 0 radical (unpaired) electrons. The fourth-order valence-corrected chi connectivity index (χ4v) is 8.49. The molecule has 2 heterocycles. The monoisotopic (exact) mass is 915 g/mol. The molecule has 0 saturated carbocycles. The molecular formula is C43H42Cl2F3N5O8S. The van der Waals surface area contributed by atoms with Gasteiger partial charge in [-0.25, -0.2) is 8.42 Å². The molecule has 1 atom stereocenters. The molecule has 1 unspecified atom stereocenters. The molecule has 13 nitrogen and oxygen atoms in total. The Morgan fingerprint density at radius 1 is 0.871 bits per heavy atom. The number of sulfonamides is 1. The van der Waals surface area contributed by atoms with Crippen LogP contribution in [0.15, 0.2) is 83.8 Å². The van der Waals surface area contributed by atoms with Gasteiger partial charge in [-0.05, 0) is 118 Å². The second-order valence-corrected chi connectivity index (χ2v) is 18.9. The van der Waals surface area contributed by atoms with E-state index in [1.54, 1.807) is 18.2 Å². The standard InChI is InChI=1S/C43H42Cl2F3N5O8S/c1-41(2,18-19-42(3,4)51-31-7-5-6-28-36(31)40(58)53(39(28)57)33-15-17-35(54)50-38(33)56)20-21-49-37(55)24-8-11-26(12-9-24)61-34-16-10-25(44)22-32(34)52-62(59,60)27-13-14-30(45)29(23-27)43(46,47)48/h5-14,16,22-23,33,51-52H,15,17-21H2,1-4H3,(H,49,55)(H,50,54,56). The van der Waals surface area contributed by atoms with Crippen LogP contribution in [0.4, 0.5) is 24.5 Å². The number of piperidine rings is 1. The van der Waals surface area contributed by atoms with Crippen molar-refractivity contribution in [2.24, 2.45) is 5.41 Å². The van der Waals surface area contributed by atoms with Crippen molar-refractivity contribution in [3.05, 3.63) is 111 Å². The first-order valence-electron chi connectivity index (χ1n) is 19.3. The van der Waals surface area contributed by atoms with Crippen LogP contribution >= 0.6 is 23.2 Å². The highest BCUT2D eigenvalue weighted by atomic mass is 35.5. The lowest BCUT2D eigenvalue weighted by atomic mass is 9.80. The molecular weight excluding hydrogens is 874 g/mol. The maximum atomic E-state index is 13.6. The van der Waals surface area contributed by atoms with Crippen LogP contribution in [-0.2, 0) is 25.8 Å². The highest BCUT2D eigenvalue weighted by molar-refractivity contribution is 7.92. The van der Waals surface area contributed by atoms with Gasteiger partial charge in [0, 0.05) is 34.8 Å². The smallest absolute Gasteiger partial charge is 0.417 e. The lowest BCUT2D eigenvalue weighted by Gasteiger charge is -2.33. The predicted molar refractivity (Wildman–Crippen MR) is 226 cm³/mol. The molecule has 62 heavy (non-hydrogen) atoms. The van der Waals surface area contributed by atoms with E-state index < -0.39 is 66.9 Å². The summed E-state index contributed by atoms with van der Waals surface area (Å²) in [7, 11) is -4.56. The molecule has 4 N–H and O–H groups in total. The molecule has 1 saturated heterocycles. The summed E-state index contributed by atoms with van der Waals surface area (Å²) in [6.07, 6.45) is -2.83. The first-order chi connectivity index (χ1) is 28.9. The summed E-state index contributed by atoms with van der Waals surface area (Å²) < 4.78 is 74.6. The van der Waals surface area contributed by atoms with E-state index in [4.69, 9.17) is 27.9 Å². The topological polar surface area (TPSA) is 180 Å². The van der Waals surface area contributed by atoms with Crippen molar-refractivity contribution < 1.29 is 50.3 Å². The van der Waals surface area contributed by atoms with Crippen LogP contribution in [0, 0.1) is 5.41 Å². The Kier molecular flexibility index (Phi) is 13.0. The number of halogens is 5. The first-order valence-corrected chi connectivity index (χ1v) is 21.6. The van der Waals surface area contributed by atoms with E-state index in [0.29, 0.717) is 36.7 Å². The van der Waals surface area contributed by atoms with Gasteiger partial charge in [-0.3, -0.25) is 38.9 Å². The van der Waals surface area contributed by atoms with Gasteiger partial charge in [-0.15, -0.1) is 0 Å². The van der Waals surface area contributed by atoms with Crippen LogP contribution in [0.2, 0.25) is 10.0 Å². The minimum atomic E-state index is -4.89. The van der Waals surface area contributed by atoms with Gasteiger partial charge in [-0.1, -0.05) is 43.1 Å². The van der Waals surface area contributed by atoms with Gasteiger partial charge in [0.25, 0.3) is 27.7 Å². The summed E-state index contributed by atoms with van der Waals surface area (Å²) in [5.74, 6) is -2.46. The fraction of sp³-hybridized carbons (Fsp3) is 0.326. The molecule has 2 aliphatic heterocycles. The summed E-state index contributed by atoms with van der Waals surface area (Å²) >= 11 is 11.8. The van der Waals surface area contributed by atoms with Crippen LogP contribution < -0.4 is 25.4 Å². The van der Waals surface area contributed by atoms with Crippen molar-refractivity contribution in [1.82, 2.24) is 15.5 Å². The maximum absolute atomic E-state index is 13.6. The highest BCUT2D eigenvalue weighted by Crippen LogP contribution is 2.39. The van der Waals surface area contributed by atoms with Crippen LogP contribution in [0.1, 0.15) is 96.4 Å². The maximum Gasteiger partial charge on any atom is 0.417 e. The lowest BCUT2D eigenvalue weighted by molar-refractivity contribution is -0.138. The van der Waals surface area contributed by atoms with Crippen LogP contribution in [-0.4, -0.2) is 61.0 Å². The van der Waals surface area contributed by atoms with Crippen molar-refractivity contribution in [2.75, 3.05) is 16.6 Å². The third kappa shape index (κ3) is 10.5. The van der Waals surface area contributed by atoms with Crippen molar-refractivity contribution >= 4 is 74.1 Å². The Morgan fingerprint density at radius 2 is 1.58 bits per heavy atom. The van der Waals surface area contributed by atoms with Gasteiger partial charge in [0.05, 0.1) is 32.3 Å². The van der Waals surface area contributed by atoms with Crippen LogP contribution in [0.25, 0.3) is 0 Å². The van der Waals surface area contributed by atoms with E-state index >= 15 is 0 Å². The molecule has 2 aliphatic rings. The van der Waals surface area contributed by atoms with E-state index in [1.807, 2.05) is 13.8 Å². The Bertz CT molecular complexity index is 2570. The molecule has 4 aromatic rings. The van der Waals surface area contributed by atoms with Crippen molar-refractivity contribution in [3.63, 3.8) is 0 Å². The van der Waals surface area contributed by atoms with Gasteiger partial charge >= 0.3 is 6.18 Å². The van der Waals surface area contributed by atoms with Crippen molar-refractivity contribution in [1.29, 1.82) is 0 Å². The number of fused-ring (bicyclic) bond motifs is 1. The van der Waals surface area contributed by atoms with Crippen molar-refractivity contribution in [3.8, 4) is 11.5 Å². The number of carbonyl (C=O) groups excluding carboxylic acids is 5. The van der Waals surface area contributed by atoms with Gasteiger partial charge in [0.15, 0.2) is 5.75 Å². The predicted octanol–water partition coefficient (Wildman–Crippen LogP) is 8.82. The summed E-state index contributed by atoms with van der Waals surface area (Å²) in [5.41, 5.74) is -1.11. The van der Waals surface area contributed by atoms with E-state index in [1.165, 1.54) is 42.5 Å². The Morgan fingerprint density at radius 3 is 2.26 bits per heavy atom. The molecule has 6 rings (SSSR count). The zero-order chi connectivity index (χ0) is 45.4. The first kappa shape index (κ1) is 45.9. The Hall–Kier alpha value is -5.65. The SMILES string of the molecule is CC(C)(CCNC(=O)c1ccc(Oc2ccc(Cl)cc2NS(=O)(=O)c2ccc(Cl)c(C(F)(F)F)c2)cc1)CCC(C)(C)Nc1cccc2c1C(=O)N(C1CCC(=O)NC1=O)C2=O. The van der Waals surface area contributed by atoms with Crippen LogP contribution in [0.5, 0.6) is 11.5 Å². The number of benzene rings is 4. The summed E-state index contributed by atoms with van der Waals surface area (Å²) in [5, 5.41) is 8.00. The second-order valence-electron chi connectivity index (χ2n) is 16.4. The summed E-state index contributed by atoms with van der Waals surface area (Å²) in [6, 6.07) is 16.1. The fourth-order valence-electron chi connectivity index (χ4n) is 7.00. The Labute approximate surface area is 365 Å². The Balaban J connectivity index is 1.02. The number of rotatable bonds is 15. The molecule has 328 valence electrons. The number of carbonyl (C=O) groups is 5. The third-order valence-electron chi connectivity index (χ3n) is 10.5.